The van der Waals surface area contributed by atoms with Crippen LogP contribution in [0.3, 0.4) is 0 Å². The normalized spacial score (nSPS) is 25.9. The summed E-state index contributed by atoms with van der Waals surface area (Å²) in [4.78, 5) is 2.34. The summed E-state index contributed by atoms with van der Waals surface area (Å²) in [6.07, 6.45) is 3.42. The molecule has 1 heterocycles. The number of hydrogen-bond acceptors (Lipinski definition) is 3. The first-order valence-electron chi connectivity index (χ1n) is 5.74. The average Bonchev–Trinajstić information content (AvgIpc) is 2.50. The van der Waals surface area contributed by atoms with Crippen LogP contribution in [-0.4, -0.2) is 41.8 Å². The van der Waals surface area contributed by atoms with Crippen molar-refractivity contribution in [3.63, 3.8) is 0 Å². The summed E-state index contributed by atoms with van der Waals surface area (Å²) in [5.74, 6) is 0.667. The van der Waals surface area contributed by atoms with E-state index in [1.165, 1.54) is 6.42 Å². The highest BCUT2D eigenvalue weighted by atomic mass is 16.3. The van der Waals surface area contributed by atoms with Gasteiger partial charge in [0.25, 0.3) is 0 Å². The van der Waals surface area contributed by atoms with Crippen molar-refractivity contribution in [1.82, 2.24) is 4.90 Å². The van der Waals surface area contributed by atoms with E-state index in [0.717, 1.165) is 25.9 Å². The van der Waals surface area contributed by atoms with Gasteiger partial charge in [-0.15, -0.1) is 0 Å². The molecule has 0 aromatic rings. The Balaban J connectivity index is 2.28. The van der Waals surface area contributed by atoms with Crippen molar-refractivity contribution < 1.29 is 5.11 Å². The molecule has 14 heavy (non-hydrogen) atoms. The predicted octanol–water partition coefficient (Wildman–Crippen LogP) is 0.817. The lowest BCUT2D eigenvalue weighted by atomic mass is 10.0. The van der Waals surface area contributed by atoms with Gasteiger partial charge in [0.15, 0.2) is 0 Å². The van der Waals surface area contributed by atoms with Crippen molar-refractivity contribution in [1.29, 1.82) is 0 Å². The Bertz CT molecular complexity index is 161. The van der Waals surface area contributed by atoms with Gasteiger partial charge in [-0.3, -0.25) is 4.90 Å². The minimum absolute atomic E-state index is 0.266. The summed E-state index contributed by atoms with van der Waals surface area (Å²) in [5, 5.41) is 9.15. The Morgan fingerprint density at radius 2 is 2.21 bits per heavy atom. The molecule has 1 fully saturated rings. The number of nitrogens with two attached hydrogens (primary N) is 1. The fourth-order valence-electron chi connectivity index (χ4n) is 2.32. The Kier molecular flexibility index (Phi) is 4.85. The first-order valence-corrected chi connectivity index (χ1v) is 5.74. The van der Waals surface area contributed by atoms with Crippen molar-refractivity contribution in [3.05, 3.63) is 0 Å². The van der Waals surface area contributed by atoms with Gasteiger partial charge in [-0.2, -0.15) is 0 Å². The van der Waals surface area contributed by atoms with Crippen LogP contribution in [0.15, 0.2) is 0 Å². The molecule has 0 amide bonds. The van der Waals surface area contributed by atoms with Crippen molar-refractivity contribution in [2.45, 2.75) is 45.2 Å². The fraction of sp³-hybridized carbons (Fsp3) is 1.00. The highest BCUT2D eigenvalue weighted by molar-refractivity contribution is 4.81. The van der Waals surface area contributed by atoms with Crippen LogP contribution in [0.4, 0.5) is 0 Å². The lowest BCUT2D eigenvalue weighted by Crippen LogP contribution is -2.42. The molecule has 0 radical (unpaired) electrons. The van der Waals surface area contributed by atoms with E-state index < -0.39 is 0 Å². The number of nitrogens with zero attached hydrogens (tertiary/aromatic N) is 1. The Labute approximate surface area is 87.3 Å². The summed E-state index contributed by atoms with van der Waals surface area (Å²) in [6.45, 7) is 6.75. The predicted molar refractivity (Wildman–Crippen MR) is 59.1 cm³/mol. The molecule has 1 rings (SSSR count). The third kappa shape index (κ3) is 3.56. The zero-order valence-electron chi connectivity index (χ0n) is 9.45. The topological polar surface area (TPSA) is 49.5 Å². The average molecular weight is 200 g/mol. The molecule has 84 valence electrons. The molecular weight excluding hydrogens is 176 g/mol. The van der Waals surface area contributed by atoms with Crippen molar-refractivity contribution >= 4 is 0 Å². The number of aliphatic hydroxyl groups excluding tert-OH is 1. The smallest absolute Gasteiger partial charge is 0.0586 e. The molecule has 0 spiro atoms. The van der Waals surface area contributed by atoms with Gasteiger partial charge in [0.2, 0.25) is 0 Å². The molecule has 0 aromatic carbocycles. The summed E-state index contributed by atoms with van der Waals surface area (Å²) < 4.78 is 0. The van der Waals surface area contributed by atoms with Gasteiger partial charge in [-0.25, -0.2) is 0 Å². The maximum Gasteiger partial charge on any atom is 0.0586 e. The molecule has 1 saturated heterocycles. The van der Waals surface area contributed by atoms with Crippen LogP contribution in [0, 0.1) is 5.92 Å². The lowest BCUT2D eigenvalue weighted by Gasteiger charge is -2.26. The van der Waals surface area contributed by atoms with Crippen LogP contribution < -0.4 is 5.73 Å². The largest absolute Gasteiger partial charge is 0.395 e. The van der Waals surface area contributed by atoms with Gasteiger partial charge in [-0.05, 0) is 31.7 Å². The van der Waals surface area contributed by atoms with E-state index in [1.54, 1.807) is 0 Å². The molecule has 1 aliphatic rings. The van der Waals surface area contributed by atoms with Crippen molar-refractivity contribution in [2.75, 3.05) is 19.7 Å². The Morgan fingerprint density at radius 3 is 2.79 bits per heavy atom. The van der Waals surface area contributed by atoms with Crippen LogP contribution >= 0.6 is 0 Å². The van der Waals surface area contributed by atoms with E-state index in [9.17, 15) is 0 Å². The molecule has 0 saturated carbocycles. The molecule has 0 bridgehead atoms. The first-order chi connectivity index (χ1) is 6.63. The Hall–Kier alpha value is -0.120. The molecule has 3 nitrogen and oxygen atoms in total. The maximum absolute atomic E-state index is 9.15. The van der Waals surface area contributed by atoms with Gasteiger partial charge >= 0.3 is 0 Å². The van der Waals surface area contributed by atoms with Gasteiger partial charge in [0.1, 0.15) is 0 Å². The molecule has 2 atom stereocenters. The minimum atomic E-state index is 0.266. The second kappa shape index (κ2) is 5.69. The van der Waals surface area contributed by atoms with Crippen LogP contribution in [-0.2, 0) is 0 Å². The molecule has 0 unspecified atom stereocenters. The summed E-state index contributed by atoms with van der Waals surface area (Å²) in [5.41, 5.74) is 6.05. The standard InChI is InChI=1S/C11H24N2O/c1-9(2)6-10(12)7-13-5-3-4-11(13)8-14/h9-11,14H,3-8,12H2,1-2H3/t10-,11+/m1/s1. The van der Waals surface area contributed by atoms with Crippen molar-refractivity contribution in [2.24, 2.45) is 11.7 Å². The summed E-state index contributed by atoms with van der Waals surface area (Å²) in [7, 11) is 0. The molecule has 3 N–H and O–H groups in total. The third-order valence-corrected chi connectivity index (χ3v) is 2.95. The quantitative estimate of drug-likeness (QED) is 0.690. The van der Waals surface area contributed by atoms with Gasteiger partial charge in [0.05, 0.1) is 6.61 Å². The van der Waals surface area contributed by atoms with E-state index in [-0.39, 0.29) is 12.6 Å². The monoisotopic (exact) mass is 200 g/mol. The molecule has 1 aliphatic heterocycles. The van der Waals surface area contributed by atoms with Gasteiger partial charge in [-0.1, -0.05) is 13.8 Å². The van der Waals surface area contributed by atoms with Crippen LogP contribution in [0.2, 0.25) is 0 Å². The molecular formula is C11H24N2O. The minimum Gasteiger partial charge on any atom is -0.395 e. The summed E-state index contributed by atoms with van der Waals surface area (Å²) in [6, 6.07) is 0.635. The number of hydrogen-bond donors (Lipinski definition) is 2. The highest BCUT2D eigenvalue weighted by Gasteiger charge is 2.24. The zero-order valence-corrected chi connectivity index (χ0v) is 9.45. The second-order valence-corrected chi connectivity index (χ2v) is 4.86. The van der Waals surface area contributed by atoms with Crippen molar-refractivity contribution in [3.8, 4) is 0 Å². The maximum atomic E-state index is 9.15. The Morgan fingerprint density at radius 1 is 1.50 bits per heavy atom. The van der Waals surface area contributed by atoms with Gasteiger partial charge < -0.3 is 10.8 Å². The van der Waals surface area contributed by atoms with E-state index in [1.807, 2.05) is 0 Å². The third-order valence-electron chi connectivity index (χ3n) is 2.95. The van der Waals surface area contributed by atoms with E-state index in [2.05, 4.69) is 18.7 Å². The molecule has 3 heteroatoms. The highest BCUT2D eigenvalue weighted by Crippen LogP contribution is 2.17. The fourth-order valence-corrected chi connectivity index (χ4v) is 2.32. The van der Waals surface area contributed by atoms with Crippen LogP contribution in [0.25, 0.3) is 0 Å². The summed E-state index contributed by atoms with van der Waals surface area (Å²) >= 11 is 0. The lowest BCUT2D eigenvalue weighted by molar-refractivity contribution is 0.150. The number of aliphatic hydroxyl groups is 1. The van der Waals surface area contributed by atoms with Gasteiger partial charge in [0, 0.05) is 18.6 Å². The zero-order chi connectivity index (χ0) is 10.6. The number of likely N-dealkylation sites (tertiary alicyclic amines) is 1. The van der Waals surface area contributed by atoms with Crippen LogP contribution in [0.5, 0.6) is 0 Å². The first kappa shape index (κ1) is 12.0. The number of rotatable bonds is 5. The van der Waals surface area contributed by atoms with E-state index in [0.29, 0.717) is 12.0 Å². The molecule has 0 aromatic heterocycles. The molecule has 0 aliphatic carbocycles. The van der Waals surface area contributed by atoms with E-state index >= 15 is 0 Å². The SMILES string of the molecule is CC(C)C[C@@H](N)CN1CCC[C@H]1CO. The van der Waals surface area contributed by atoms with E-state index in [4.69, 9.17) is 10.8 Å². The second-order valence-electron chi connectivity index (χ2n) is 4.86. The van der Waals surface area contributed by atoms with Crippen LogP contribution in [0.1, 0.15) is 33.1 Å².